The van der Waals surface area contributed by atoms with E-state index in [4.69, 9.17) is 0 Å². The molecule has 0 nitrogen and oxygen atoms in total. The van der Waals surface area contributed by atoms with Crippen LogP contribution in [0.5, 0.6) is 0 Å². The molecule has 0 heterocycles. The molecule has 0 radical (unpaired) electrons. The van der Waals surface area contributed by atoms with Gasteiger partial charge in [-0.3, -0.25) is 0 Å². The highest BCUT2D eigenvalue weighted by molar-refractivity contribution is 5.22. The number of allylic oxidation sites excluding steroid dienone is 4. The molecule has 0 bridgehead atoms. The minimum Gasteiger partial charge on any atom is -0.0837 e. The van der Waals surface area contributed by atoms with Gasteiger partial charge in [-0.15, -0.1) is 0 Å². The van der Waals surface area contributed by atoms with Crippen LogP contribution in [0.15, 0.2) is 23.8 Å². The molecule has 1 aliphatic carbocycles. The van der Waals surface area contributed by atoms with Crippen molar-refractivity contribution in [1.82, 2.24) is 0 Å². The molecule has 0 aromatic carbocycles. The van der Waals surface area contributed by atoms with Gasteiger partial charge in [0.05, 0.1) is 0 Å². The molecule has 1 rings (SSSR count). The Morgan fingerprint density at radius 2 is 2.56 bits per heavy atom. The Bertz CT molecular complexity index is 145. The highest BCUT2D eigenvalue weighted by atomic mass is 14.1. The molecular weight excluding hydrogens is 108 g/mol. The topological polar surface area (TPSA) is 0 Å². The van der Waals surface area contributed by atoms with Crippen molar-refractivity contribution in [2.45, 2.75) is 26.7 Å². The van der Waals surface area contributed by atoms with Crippen molar-refractivity contribution in [3.8, 4) is 0 Å². The van der Waals surface area contributed by atoms with E-state index in [1.165, 1.54) is 18.4 Å². The van der Waals surface area contributed by atoms with Crippen molar-refractivity contribution < 1.29 is 1.43 Å². The molecule has 0 saturated heterocycles. The van der Waals surface area contributed by atoms with E-state index in [-0.39, 0.29) is 1.43 Å². The quantitative estimate of drug-likeness (QED) is 0.503. The van der Waals surface area contributed by atoms with Crippen LogP contribution in [0.2, 0.25) is 0 Å². The maximum atomic E-state index is 2.36. The molecule has 1 unspecified atom stereocenters. The second-order valence-electron chi connectivity index (χ2n) is 2.71. The third kappa shape index (κ3) is 1.70. The third-order valence-electron chi connectivity index (χ3n) is 1.75. The van der Waals surface area contributed by atoms with Gasteiger partial charge < -0.3 is 0 Å². The van der Waals surface area contributed by atoms with Gasteiger partial charge in [0.2, 0.25) is 0 Å². The summed E-state index contributed by atoms with van der Waals surface area (Å²) in [5.74, 6) is 0.768. The molecule has 1 aliphatic rings. The van der Waals surface area contributed by atoms with E-state index in [1.54, 1.807) is 0 Å². The molecule has 52 valence electrons. The molecule has 0 aromatic heterocycles. The average molecular weight is 124 g/mol. The van der Waals surface area contributed by atoms with Crippen LogP contribution in [0.3, 0.4) is 0 Å². The molecule has 0 aromatic rings. The zero-order chi connectivity index (χ0) is 6.69. The highest BCUT2D eigenvalue weighted by Crippen LogP contribution is 2.17. The van der Waals surface area contributed by atoms with E-state index in [0.29, 0.717) is 0 Å². The molecule has 0 fully saturated rings. The lowest BCUT2D eigenvalue weighted by atomic mass is 9.97. The van der Waals surface area contributed by atoms with Crippen molar-refractivity contribution in [3.63, 3.8) is 0 Å². The van der Waals surface area contributed by atoms with Crippen LogP contribution < -0.4 is 0 Å². The Morgan fingerprint density at radius 3 is 3.00 bits per heavy atom. The fourth-order valence-electron chi connectivity index (χ4n) is 1.16. The van der Waals surface area contributed by atoms with E-state index in [2.05, 4.69) is 32.1 Å². The maximum Gasteiger partial charge on any atom is 0 e. The van der Waals surface area contributed by atoms with Crippen molar-refractivity contribution in [2.75, 3.05) is 0 Å². The van der Waals surface area contributed by atoms with E-state index in [9.17, 15) is 0 Å². The minimum absolute atomic E-state index is 0. The van der Waals surface area contributed by atoms with Gasteiger partial charge in [-0.05, 0) is 18.8 Å². The number of hydrogen-bond acceptors (Lipinski definition) is 0. The number of rotatable bonds is 1. The smallest absolute Gasteiger partial charge is 0 e. The van der Waals surface area contributed by atoms with Crippen LogP contribution in [0.4, 0.5) is 0 Å². The summed E-state index contributed by atoms with van der Waals surface area (Å²) < 4.78 is 0. The van der Waals surface area contributed by atoms with Crippen LogP contribution in [-0.4, -0.2) is 0 Å². The van der Waals surface area contributed by atoms with E-state index >= 15 is 0 Å². The van der Waals surface area contributed by atoms with Gasteiger partial charge in [-0.25, -0.2) is 0 Å². The van der Waals surface area contributed by atoms with Gasteiger partial charge in [0, 0.05) is 1.43 Å². The van der Waals surface area contributed by atoms with Crippen molar-refractivity contribution in [2.24, 2.45) is 5.92 Å². The van der Waals surface area contributed by atoms with Crippen molar-refractivity contribution in [1.29, 1.82) is 0 Å². The standard InChI is InChI=1S/C9H14.H2/c1-3-9-6-4-5-8(2)7-9;/h4,6-8H,3,5H2,1-2H3;1H. The van der Waals surface area contributed by atoms with Gasteiger partial charge in [0.25, 0.3) is 0 Å². The molecule has 1 atom stereocenters. The van der Waals surface area contributed by atoms with Crippen molar-refractivity contribution >= 4 is 0 Å². The molecule has 0 amide bonds. The van der Waals surface area contributed by atoms with E-state index in [0.717, 1.165) is 5.92 Å². The molecular formula is C9H16. The molecule has 0 spiro atoms. The Morgan fingerprint density at radius 1 is 1.78 bits per heavy atom. The van der Waals surface area contributed by atoms with Gasteiger partial charge in [-0.1, -0.05) is 37.6 Å². The summed E-state index contributed by atoms with van der Waals surface area (Å²) in [6.45, 7) is 4.47. The first-order chi connectivity index (χ1) is 4.33. The highest BCUT2D eigenvalue weighted by Gasteiger charge is 2.00. The Labute approximate surface area is 58.8 Å². The predicted octanol–water partition coefficient (Wildman–Crippen LogP) is 3.16. The lowest BCUT2D eigenvalue weighted by molar-refractivity contribution is 0.724. The summed E-state index contributed by atoms with van der Waals surface area (Å²) in [4.78, 5) is 0. The number of hydrogen-bond donors (Lipinski definition) is 0. The van der Waals surface area contributed by atoms with Gasteiger partial charge in [-0.2, -0.15) is 0 Å². The predicted molar refractivity (Wildman–Crippen MR) is 43.4 cm³/mol. The monoisotopic (exact) mass is 124 g/mol. The summed E-state index contributed by atoms with van der Waals surface area (Å²) in [7, 11) is 0. The summed E-state index contributed by atoms with van der Waals surface area (Å²) in [6, 6.07) is 0. The molecule has 0 saturated carbocycles. The van der Waals surface area contributed by atoms with E-state index < -0.39 is 0 Å². The molecule has 0 heteroatoms. The zero-order valence-corrected chi connectivity index (χ0v) is 6.22. The van der Waals surface area contributed by atoms with E-state index in [1.807, 2.05) is 0 Å². The Kier molecular flexibility index (Phi) is 2.10. The summed E-state index contributed by atoms with van der Waals surface area (Å²) in [6.07, 6.45) is 9.27. The minimum atomic E-state index is 0. The molecule has 9 heavy (non-hydrogen) atoms. The van der Waals surface area contributed by atoms with Gasteiger partial charge in [0.15, 0.2) is 0 Å². The molecule has 0 aliphatic heterocycles. The van der Waals surface area contributed by atoms with Crippen LogP contribution in [0.1, 0.15) is 28.1 Å². The summed E-state index contributed by atoms with van der Waals surface area (Å²) in [5, 5.41) is 0. The normalized spacial score (nSPS) is 26.0. The average Bonchev–Trinajstić information content (AvgIpc) is 1.88. The molecule has 0 N–H and O–H groups in total. The fraction of sp³-hybridized carbons (Fsp3) is 0.556. The van der Waals surface area contributed by atoms with Crippen molar-refractivity contribution in [3.05, 3.63) is 23.8 Å². The van der Waals surface area contributed by atoms with Gasteiger partial charge >= 0.3 is 0 Å². The maximum absolute atomic E-state index is 2.36. The van der Waals surface area contributed by atoms with Crippen LogP contribution >= 0.6 is 0 Å². The first-order valence-electron chi connectivity index (χ1n) is 3.70. The summed E-state index contributed by atoms with van der Waals surface area (Å²) in [5.41, 5.74) is 1.49. The largest absolute Gasteiger partial charge is 0.0837 e. The van der Waals surface area contributed by atoms with Crippen LogP contribution in [0, 0.1) is 5.92 Å². The van der Waals surface area contributed by atoms with Crippen LogP contribution in [-0.2, 0) is 0 Å². The fourth-order valence-corrected chi connectivity index (χ4v) is 1.16. The lowest BCUT2D eigenvalue weighted by Crippen LogP contribution is -1.93. The first-order valence-corrected chi connectivity index (χ1v) is 3.70. The lowest BCUT2D eigenvalue weighted by Gasteiger charge is -2.09. The second kappa shape index (κ2) is 2.86. The Balaban J connectivity index is 0.000000810. The first kappa shape index (κ1) is 6.60. The summed E-state index contributed by atoms with van der Waals surface area (Å²) >= 11 is 0. The van der Waals surface area contributed by atoms with Crippen LogP contribution in [0.25, 0.3) is 0 Å². The van der Waals surface area contributed by atoms with Gasteiger partial charge in [0.1, 0.15) is 0 Å². The SMILES string of the molecule is CCC1=CC(C)CC=C1.[HH]. The zero-order valence-electron chi connectivity index (χ0n) is 6.22. The third-order valence-corrected chi connectivity index (χ3v) is 1.75. The Hall–Kier alpha value is -0.520. The second-order valence-corrected chi connectivity index (χ2v) is 2.71.